The molecule has 1 fully saturated rings. The van der Waals surface area contributed by atoms with Gasteiger partial charge >= 0.3 is 0 Å². The zero-order valence-corrected chi connectivity index (χ0v) is 19.1. The highest BCUT2D eigenvalue weighted by Gasteiger charge is 2.43. The molecule has 1 aliphatic heterocycles. The number of thiophene rings is 1. The molecule has 0 unspecified atom stereocenters. The molecule has 170 valence electrons. The van der Waals surface area contributed by atoms with Crippen LogP contribution in [0.1, 0.15) is 43.7 Å². The summed E-state index contributed by atoms with van der Waals surface area (Å²) in [4.78, 5) is 2.57. The van der Waals surface area contributed by atoms with Crippen LogP contribution in [0, 0.1) is 13.8 Å². The van der Waals surface area contributed by atoms with E-state index in [-0.39, 0.29) is 0 Å². The average Bonchev–Trinajstić information content (AvgIpc) is 3.22. The number of benzene rings is 2. The second-order valence-corrected chi connectivity index (χ2v) is 9.84. The molecule has 5 nitrogen and oxygen atoms in total. The Labute approximate surface area is 192 Å². The van der Waals surface area contributed by atoms with Crippen LogP contribution in [-0.2, 0) is 17.6 Å². The predicted octanol–water partition coefficient (Wildman–Crippen LogP) is 3.06. The number of hydrogen-bond acceptors (Lipinski definition) is 6. The molecule has 0 bridgehead atoms. The van der Waals surface area contributed by atoms with Crippen molar-refractivity contribution >= 4 is 11.3 Å². The van der Waals surface area contributed by atoms with Gasteiger partial charge in [-0.3, -0.25) is 0 Å². The summed E-state index contributed by atoms with van der Waals surface area (Å²) < 4.78 is 5.74. The standard InChI is InChI=1S/C26H30O5S/c1-15-5-3-4-6-17(15)12-20-9-10-21(32-20)13-19-11-18(8-7-16(19)2)26-25(30)24(29)23(28)22(14-27)31-26/h3-11,22-30H,12-14H2,1-2H3/t22-,23-,24+,25-,26+/m1/s1. The maximum Gasteiger partial charge on any atom is 0.113 e. The van der Waals surface area contributed by atoms with E-state index in [2.05, 4.69) is 43.3 Å². The number of aliphatic hydroxyl groups is 4. The van der Waals surface area contributed by atoms with Gasteiger partial charge < -0.3 is 25.2 Å². The highest BCUT2D eigenvalue weighted by molar-refractivity contribution is 7.12. The van der Waals surface area contributed by atoms with Crippen LogP contribution in [0.3, 0.4) is 0 Å². The maximum atomic E-state index is 10.5. The summed E-state index contributed by atoms with van der Waals surface area (Å²) in [7, 11) is 0. The molecule has 0 amide bonds. The molecule has 2 heterocycles. The molecule has 32 heavy (non-hydrogen) atoms. The number of rotatable bonds is 6. The fourth-order valence-corrected chi connectivity index (χ4v) is 5.30. The van der Waals surface area contributed by atoms with Gasteiger partial charge in [0.25, 0.3) is 0 Å². The molecule has 0 saturated carbocycles. The minimum atomic E-state index is -1.38. The van der Waals surface area contributed by atoms with Crippen molar-refractivity contribution in [2.45, 2.75) is 57.2 Å². The van der Waals surface area contributed by atoms with Gasteiger partial charge in [0.05, 0.1) is 6.61 Å². The van der Waals surface area contributed by atoms with Crippen LogP contribution in [0.2, 0.25) is 0 Å². The Morgan fingerprint density at radius 3 is 2.12 bits per heavy atom. The predicted molar refractivity (Wildman–Crippen MR) is 125 cm³/mol. The van der Waals surface area contributed by atoms with Gasteiger partial charge in [-0.25, -0.2) is 0 Å². The third kappa shape index (κ3) is 4.81. The first-order chi connectivity index (χ1) is 15.4. The van der Waals surface area contributed by atoms with Gasteiger partial charge in [-0.15, -0.1) is 11.3 Å². The lowest BCUT2D eigenvalue weighted by atomic mass is 9.89. The minimum Gasteiger partial charge on any atom is -0.394 e. The van der Waals surface area contributed by atoms with Crippen molar-refractivity contribution in [3.63, 3.8) is 0 Å². The monoisotopic (exact) mass is 454 g/mol. The summed E-state index contributed by atoms with van der Waals surface area (Å²) in [6.45, 7) is 3.75. The third-order valence-electron chi connectivity index (χ3n) is 6.30. The summed E-state index contributed by atoms with van der Waals surface area (Å²) in [5.41, 5.74) is 5.60. The van der Waals surface area contributed by atoms with Gasteiger partial charge in [0.15, 0.2) is 0 Å². The molecule has 4 rings (SSSR count). The van der Waals surface area contributed by atoms with Crippen molar-refractivity contribution in [3.8, 4) is 0 Å². The van der Waals surface area contributed by atoms with E-state index in [1.165, 1.54) is 20.9 Å². The number of aryl methyl sites for hydroxylation is 2. The van der Waals surface area contributed by atoms with Crippen molar-refractivity contribution in [2.24, 2.45) is 0 Å². The molecule has 6 heteroatoms. The highest BCUT2D eigenvalue weighted by atomic mass is 32.1. The van der Waals surface area contributed by atoms with Gasteiger partial charge in [0.1, 0.15) is 30.5 Å². The molecule has 5 atom stereocenters. The van der Waals surface area contributed by atoms with E-state index < -0.39 is 37.1 Å². The normalized spacial score (nSPS) is 25.8. The van der Waals surface area contributed by atoms with E-state index in [9.17, 15) is 20.4 Å². The Balaban J connectivity index is 1.53. The molecule has 4 N–H and O–H groups in total. The van der Waals surface area contributed by atoms with Crippen molar-refractivity contribution in [3.05, 3.63) is 92.2 Å². The van der Waals surface area contributed by atoms with Crippen LogP contribution < -0.4 is 0 Å². The fourth-order valence-electron chi connectivity index (χ4n) is 4.23. The lowest BCUT2D eigenvalue weighted by Gasteiger charge is -2.40. The second kappa shape index (κ2) is 9.83. The molecule has 1 saturated heterocycles. The van der Waals surface area contributed by atoms with E-state index in [1.807, 2.05) is 25.1 Å². The third-order valence-corrected chi connectivity index (χ3v) is 7.39. The average molecular weight is 455 g/mol. The lowest BCUT2D eigenvalue weighted by Crippen LogP contribution is -2.55. The smallest absolute Gasteiger partial charge is 0.113 e. The Morgan fingerprint density at radius 2 is 1.44 bits per heavy atom. The largest absolute Gasteiger partial charge is 0.394 e. The summed E-state index contributed by atoms with van der Waals surface area (Å²) in [6, 6.07) is 18.6. The molecular weight excluding hydrogens is 424 g/mol. The zero-order valence-electron chi connectivity index (χ0n) is 18.3. The summed E-state index contributed by atoms with van der Waals surface area (Å²) in [5.74, 6) is 0. The van der Waals surface area contributed by atoms with E-state index in [4.69, 9.17) is 4.74 Å². The van der Waals surface area contributed by atoms with E-state index in [0.29, 0.717) is 0 Å². The summed E-state index contributed by atoms with van der Waals surface area (Å²) >= 11 is 1.80. The Hall–Kier alpha value is -2.06. The maximum absolute atomic E-state index is 10.5. The molecule has 1 aromatic heterocycles. The van der Waals surface area contributed by atoms with Gasteiger partial charge in [-0.1, -0.05) is 42.5 Å². The number of aliphatic hydroxyl groups excluding tert-OH is 4. The van der Waals surface area contributed by atoms with Crippen LogP contribution in [0.4, 0.5) is 0 Å². The molecule has 1 aliphatic rings. The van der Waals surface area contributed by atoms with E-state index in [0.717, 1.165) is 29.5 Å². The van der Waals surface area contributed by atoms with Crippen molar-refractivity contribution in [1.82, 2.24) is 0 Å². The fraction of sp³-hybridized carbons (Fsp3) is 0.385. The lowest BCUT2D eigenvalue weighted by molar-refractivity contribution is -0.231. The zero-order chi connectivity index (χ0) is 22.8. The van der Waals surface area contributed by atoms with Crippen LogP contribution >= 0.6 is 11.3 Å². The van der Waals surface area contributed by atoms with Gasteiger partial charge in [0.2, 0.25) is 0 Å². The molecule has 0 aliphatic carbocycles. The topological polar surface area (TPSA) is 90.2 Å². The quantitative estimate of drug-likeness (QED) is 0.460. The first kappa shape index (κ1) is 23.1. The van der Waals surface area contributed by atoms with Crippen LogP contribution in [-0.4, -0.2) is 51.4 Å². The molecule has 0 spiro atoms. The minimum absolute atomic E-state index is 0.432. The van der Waals surface area contributed by atoms with Gasteiger partial charge in [0, 0.05) is 22.6 Å². The van der Waals surface area contributed by atoms with Gasteiger partial charge in [-0.05, 0) is 53.8 Å². The Kier molecular flexibility index (Phi) is 7.10. The van der Waals surface area contributed by atoms with E-state index >= 15 is 0 Å². The Morgan fingerprint density at radius 1 is 0.781 bits per heavy atom. The number of ether oxygens (including phenoxy) is 1. The first-order valence-electron chi connectivity index (χ1n) is 10.9. The van der Waals surface area contributed by atoms with Crippen molar-refractivity contribution in [1.29, 1.82) is 0 Å². The summed E-state index contributed by atoms with van der Waals surface area (Å²) in [5, 5.41) is 40.1. The second-order valence-electron chi connectivity index (χ2n) is 8.58. The molecular formula is C26H30O5S. The SMILES string of the molecule is Cc1ccccc1Cc1ccc(Cc2cc([C@@H]3O[C@H](CO)[C@@H](O)[C@H](O)[C@H]3O)ccc2C)s1. The van der Waals surface area contributed by atoms with Crippen LogP contribution in [0.25, 0.3) is 0 Å². The number of hydrogen-bond donors (Lipinski definition) is 4. The van der Waals surface area contributed by atoms with Gasteiger partial charge in [-0.2, -0.15) is 0 Å². The molecule has 3 aromatic rings. The first-order valence-corrected chi connectivity index (χ1v) is 11.7. The Bertz CT molecular complexity index is 1060. The van der Waals surface area contributed by atoms with Crippen molar-refractivity contribution in [2.75, 3.05) is 6.61 Å². The van der Waals surface area contributed by atoms with E-state index in [1.54, 1.807) is 11.3 Å². The highest BCUT2D eigenvalue weighted by Crippen LogP contribution is 2.34. The molecule has 2 aromatic carbocycles. The van der Waals surface area contributed by atoms with Crippen LogP contribution in [0.15, 0.2) is 54.6 Å². The summed E-state index contributed by atoms with van der Waals surface area (Å²) in [6.07, 6.45) is -4.05. The molecule has 0 radical (unpaired) electrons. The van der Waals surface area contributed by atoms with Crippen LogP contribution in [0.5, 0.6) is 0 Å². The van der Waals surface area contributed by atoms with Crippen molar-refractivity contribution < 1.29 is 25.2 Å².